The fourth-order valence-electron chi connectivity index (χ4n) is 3.41. The molecule has 0 aromatic rings. The maximum Gasteiger partial charge on any atom is 0.265 e. The van der Waals surface area contributed by atoms with Crippen molar-refractivity contribution < 1.29 is 23.5 Å². The lowest BCUT2D eigenvalue weighted by Gasteiger charge is -2.20. The number of alkyl halides is 2. The number of hydrogen-bond donors (Lipinski definition) is 1. The number of aliphatic hydroxyl groups is 1. The van der Waals surface area contributed by atoms with Crippen LogP contribution >= 0.6 is 0 Å². The predicted molar refractivity (Wildman–Crippen MR) is 56.4 cm³/mol. The average molecular weight is 257 g/mol. The summed E-state index contributed by atoms with van der Waals surface area (Å²) in [5, 5.41) is 9.12. The molecule has 1 saturated carbocycles. The van der Waals surface area contributed by atoms with Crippen LogP contribution < -0.4 is 0 Å². The summed E-state index contributed by atoms with van der Waals surface area (Å²) in [5.41, 5.74) is 0. The van der Waals surface area contributed by atoms with E-state index < -0.39 is 42.7 Å². The first-order valence-corrected chi connectivity index (χ1v) is 6.00. The third-order valence-electron chi connectivity index (χ3n) is 4.22. The van der Waals surface area contributed by atoms with Crippen LogP contribution in [0.4, 0.5) is 8.78 Å². The Labute approximate surface area is 102 Å². The minimum Gasteiger partial charge on any atom is -0.385 e. The maximum atomic E-state index is 12.3. The van der Waals surface area contributed by atoms with Gasteiger partial charge in [-0.15, -0.1) is 0 Å². The molecule has 0 spiro atoms. The minimum absolute atomic E-state index is 0.0603. The van der Waals surface area contributed by atoms with Gasteiger partial charge in [-0.1, -0.05) is 12.2 Å². The molecular formula is C12H13F2NO3. The Morgan fingerprint density at radius 2 is 1.72 bits per heavy atom. The number of β-amino-alcohol motifs (C(OH)–C–C–N with tert-alkyl or cyclic N) is 1. The van der Waals surface area contributed by atoms with Gasteiger partial charge in [0.1, 0.15) is 6.10 Å². The van der Waals surface area contributed by atoms with Crippen LogP contribution in [0.25, 0.3) is 0 Å². The summed E-state index contributed by atoms with van der Waals surface area (Å²) in [6.07, 6.45) is -0.227. The van der Waals surface area contributed by atoms with E-state index in [0.717, 1.165) is 11.3 Å². The van der Waals surface area contributed by atoms with E-state index in [1.54, 1.807) is 0 Å². The molecule has 2 amide bonds. The summed E-state index contributed by atoms with van der Waals surface area (Å²) in [6, 6.07) is 0. The van der Waals surface area contributed by atoms with Gasteiger partial charge in [0.2, 0.25) is 11.8 Å². The summed E-state index contributed by atoms with van der Waals surface area (Å²) in [7, 11) is 0. The number of hydrogen-bond acceptors (Lipinski definition) is 3. The highest BCUT2D eigenvalue weighted by Gasteiger charge is 2.59. The molecule has 3 rings (SSSR count). The lowest BCUT2D eigenvalue weighted by atomic mass is 9.85. The molecule has 98 valence electrons. The summed E-state index contributed by atoms with van der Waals surface area (Å²) < 4.78 is 24.6. The van der Waals surface area contributed by atoms with Gasteiger partial charge in [-0.05, 0) is 18.3 Å². The predicted octanol–water partition coefficient (Wildman–Crippen LogP) is 0.419. The van der Waals surface area contributed by atoms with E-state index in [1.165, 1.54) is 0 Å². The molecule has 2 bridgehead atoms. The second-order valence-electron chi connectivity index (χ2n) is 5.19. The third-order valence-corrected chi connectivity index (χ3v) is 4.22. The molecule has 4 nitrogen and oxygen atoms in total. The Morgan fingerprint density at radius 3 is 2.17 bits per heavy atom. The molecule has 6 heteroatoms. The number of carbonyl (C=O) groups is 2. The molecular weight excluding hydrogens is 244 g/mol. The van der Waals surface area contributed by atoms with Gasteiger partial charge in [0.05, 0.1) is 18.4 Å². The largest absolute Gasteiger partial charge is 0.385 e. The second kappa shape index (κ2) is 3.85. The quantitative estimate of drug-likeness (QED) is 0.589. The standard InChI is InChI=1S/C12H13F2NO3/c13-10(14)7(16)4-15-11(17)8-5-1-2-6(3-5)9(8)12(15)18/h1-2,5-10,16H,3-4H2. The van der Waals surface area contributed by atoms with Gasteiger partial charge in [-0.3, -0.25) is 14.5 Å². The zero-order chi connectivity index (χ0) is 13.0. The first kappa shape index (κ1) is 11.8. The number of halogens is 2. The average Bonchev–Trinajstić information content (AvgIpc) is 2.98. The van der Waals surface area contributed by atoms with Crippen molar-refractivity contribution in [2.75, 3.05) is 6.54 Å². The van der Waals surface area contributed by atoms with Crippen LogP contribution in [0, 0.1) is 23.7 Å². The van der Waals surface area contributed by atoms with Gasteiger partial charge in [0, 0.05) is 0 Å². The minimum atomic E-state index is -2.94. The smallest absolute Gasteiger partial charge is 0.265 e. The lowest BCUT2D eigenvalue weighted by molar-refractivity contribution is -0.144. The van der Waals surface area contributed by atoms with Crippen LogP contribution in [0.2, 0.25) is 0 Å². The Hall–Kier alpha value is -1.30. The number of fused-ring (bicyclic) bond motifs is 5. The van der Waals surface area contributed by atoms with Crippen LogP contribution in [-0.2, 0) is 9.59 Å². The van der Waals surface area contributed by atoms with Gasteiger partial charge in [0.15, 0.2) is 0 Å². The first-order valence-electron chi connectivity index (χ1n) is 6.00. The number of nitrogens with zero attached hydrogens (tertiary/aromatic N) is 1. The Kier molecular flexibility index (Phi) is 2.52. The highest BCUT2D eigenvalue weighted by molar-refractivity contribution is 6.06. The van der Waals surface area contributed by atoms with Crippen molar-refractivity contribution in [1.82, 2.24) is 4.90 Å². The van der Waals surface area contributed by atoms with Gasteiger partial charge < -0.3 is 5.11 Å². The van der Waals surface area contributed by atoms with Gasteiger partial charge in [-0.2, -0.15) is 0 Å². The molecule has 1 heterocycles. The second-order valence-corrected chi connectivity index (χ2v) is 5.19. The number of allylic oxidation sites excluding steroid dienone is 2. The molecule has 0 aromatic heterocycles. The molecule has 0 aromatic carbocycles. The van der Waals surface area contributed by atoms with Crippen molar-refractivity contribution >= 4 is 11.8 Å². The van der Waals surface area contributed by atoms with Gasteiger partial charge in [0.25, 0.3) is 6.43 Å². The normalized spacial score (nSPS) is 39.0. The summed E-state index contributed by atoms with van der Waals surface area (Å²) in [5.74, 6) is -1.46. The molecule has 1 N–H and O–H groups in total. The van der Waals surface area contributed by atoms with Crippen molar-refractivity contribution in [2.45, 2.75) is 19.0 Å². The zero-order valence-electron chi connectivity index (χ0n) is 9.50. The van der Waals surface area contributed by atoms with Crippen molar-refractivity contribution in [1.29, 1.82) is 0 Å². The molecule has 1 aliphatic heterocycles. The summed E-state index contributed by atoms with van der Waals surface area (Å²) >= 11 is 0. The number of aliphatic hydroxyl groups excluding tert-OH is 1. The topological polar surface area (TPSA) is 57.6 Å². The maximum absolute atomic E-state index is 12.3. The Balaban J connectivity index is 1.80. The zero-order valence-corrected chi connectivity index (χ0v) is 9.50. The van der Waals surface area contributed by atoms with Crippen molar-refractivity contribution in [3.05, 3.63) is 12.2 Å². The molecule has 2 fully saturated rings. The number of rotatable bonds is 3. The highest BCUT2D eigenvalue weighted by Crippen LogP contribution is 2.52. The van der Waals surface area contributed by atoms with E-state index in [9.17, 15) is 18.4 Å². The van der Waals surface area contributed by atoms with Crippen LogP contribution in [0.3, 0.4) is 0 Å². The third kappa shape index (κ3) is 1.44. The fourth-order valence-corrected chi connectivity index (χ4v) is 3.41. The SMILES string of the molecule is O=C1C2C3C=CC(C3)C2C(=O)N1CC(O)C(F)F. The number of amides is 2. The van der Waals surface area contributed by atoms with Gasteiger partial charge >= 0.3 is 0 Å². The number of imide groups is 1. The first-order chi connectivity index (χ1) is 8.50. The van der Waals surface area contributed by atoms with Crippen molar-refractivity contribution in [3.63, 3.8) is 0 Å². The van der Waals surface area contributed by atoms with Crippen molar-refractivity contribution in [3.8, 4) is 0 Å². The van der Waals surface area contributed by atoms with E-state index in [2.05, 4.69) is 0 Å². The van der Waals surface area contributed by atoms with Crippen LogP contribution in [-0.4, -0.2) is 40.9 Å². The van der Waals surface area contributed by atoms with E-state index in [4.69, 9.17) is 5.11 Å². The molecule has 5 atom stereocenters. The molecule has 0 radical (unpaired) electrons. The molecule has 1 saturated heterocycles. The fraction of sp³-hybridized carbons (Fsp3) is 0.667. The summed E-state index contributed by atoms with van der Waals surface area (Å²) in [6.45, 7) is -0.595. The lowest BCUT2D eigenvalue weighted by Crippen LogP contribution is -2.41. The Bertz CT molecular complexity index is 407. The van der Waals surface area contributed by atoms with Gasteiger partial charge in [-0.25, -0.2) is 8.78 Å². The Morgan fingerprint density at radius 1 is 1.22 bits per heavy atom. The number of likely N-dealkylation sites (tertiary alicyclic amines) is 1. The summed E-state index contributed by atoms with van der Waals surface area (Å²) in [4.78, 5) is 24.9. The highest BCUT2D eigenvalue weighted by atomic mass is 19.3. The van der Waals surface area contributed by atoms with Crippen molar-refractivity contribution in [2.24, 2.45) is 23.7 Å². The van der Waals surface area contributed by atoms with Crippen LogP contribution in [0.15, 0.2) is 12.2 Å². The van der Waals surface area contributed by atoms with E-state index >= 15 is 0 Å². The molecule has 2 aliphatic carbocycles. The van der Waals surface area contributed by atoms with E-state index in [1.807, 2.05) is 12.2 Å². The monoisotopic (exact) mass is 257 g/mol. The van der Waals surface area contributed by atoms with Crippen LogP contribution in [0.1, 0.15) is 6.42 Å². The molecule has 3 aliphatic rings. The van der Waals surface area contributed by atoms with E-state index in [0.29, 0.717) is 0 Å². The van der Waals surface area contributed by atoms with Crippen LogP contribution in [0.5, 0.6) is 0 Å². The van der Waals surface area contributed by atoms with E-state index in [-0.39, 0.29) is 11.8 Å². The number of carbonyl (C=O) groups excluding carboxylic acids is 2. The molecule has 5 unspecified atom stereocenters. The molecule has 18 heavy (non-hydrogen) atoms.